The summed E-state index contributed by atoms with van der Waals surface area (Å²) in [5.74, 6) is 0. The standard InChI is InChI=1S/2C48H33N3S/c1-5-16-34(17-6-1)49(35-18-7-2-8-19-35)38-24-15-25-39(30-38)51-45-31-40(50(36-20-9-3-10-21-36)37-22-11-4-12-23-37)28-29-41(45)43-32-44-42-26-13-14-27-47(42)52-48(44)33-46(43)51;1-5-15-34(16-6-1)49(35-17-7-2-8-18-35)38-25-27-39(28-26-38)51-45-31-40(50(36-19-9-3-10-20-36)37-21-11-4-12-22-37)29-30-41(45)43-32-44-42-23-13-14-24-47(42)52-48(44)33-46(43)51/h2*1-33H. The Morgan fingerprint density at radius 1 is 0.154 bits per heavy atom. The van der Waals surface area contributed by atoms with Crippen molar-refractivity contribution in [2.75, 3.05) is 19.6 Å². The first-order valence-corrected chi connectivity index (χ1v) is 36.8. The van der Waals surface area contributed by atoms with Crippen LogP contribution in [0.25, 0.3) is 95.3 Å². The Balaban J connectivity index is 0.000000143. The molecule has 0 unspecified atom stereocenters. The second kappa shape index (κ2) is 26.7. The summed E-state index contributed by atoms with van der Waals surface area (Å²) in [6.45, 7) is 0. The highest BCUT2D eigenvalue weighted by molar-refractivity contribution is 7.26. The van der Waals surface area contributed by atoms with Crippen molar-refractivity contribution in [3.05, 3.63) is 400 Å². The van der Waals surface area contributed by atoms with Crippen LogP contribution in [0.3, 0.4) is 0 Å². The van der Waals surface area contributed by atoms with Crippen LogP contribution in [0.4, 0.5) is 68.2 Å². The van der Waals surface area contributed by atoms with Crippen molar-refractivity contribution in [2.24, 2.45) is 0 Å². The molecule has 0 aliphatic rings. The lowest BCUT2D eigenvalue weighted by atomic mass is 10.1. The van der Waals surface area contributed by atoms with E-state index in [-0.39, 0.29) is 0 Å². The van der Waals surface area contributed by atoms with Crippen molar-refractivity contribution in [1.29, 1.82) is 0 Å². The third-order valence-electron chi connectivity index (χ3n) is 19.8. The van der Waals surface area contributed by atoms with Gasteiger partial charge < -0.3 is 28.7 Å². The molecule has 492 valence electrons. The van der Waals surface area contributed by atoms with Crippen LogP contribution in [0.2, 0.25) is 0 Å². The van der Waals surface area contributed by atoms with Gasteiger partial charge in [-0.05, 0) is 200 Å². The Bertz CT molecular complexity index is 6300. The van der Waals surface area contributed by atoms with Crippen LogP contribution in [0.1, 0.15) is 0 Å². The summed E-state index contributed by atoms with van der Waals surface area (Å²) in [5, 5.41) is 10.2. The molecule has 20 rings (SSSR count). The largest absolute Gasteiger partial charge is 0.311 e. The summed E-state index contributed by atoms with van der Waals surface area (Å²) in [6.07, 6.45) is 0. The molecule has 20 aromatic rings. The van der Waals surface area contributed by atoms with E-state index >= 15 is 0 Å². The Hall–Kier alpha value is -13.2. The van der Waals surface area contributed by atoms with Crippen molar-refractivity contribution in [3.8, 4) is 11.4 Å². The predicted molar refractivity (Wildman–Crippen MR) is 446 cm³/mol. The first-order chi connectivity index (χ1) is 51.6. The molecule has 4 aromatic heterocycles. The summed E-state index contributed by atoms with van der Waals surface area (Å²) in [4.78, 5) is 9.33. The molecule has 0 radical (unpaired) electrons. The minimum Gasteiger partial charge on any atom is -0.311 e. The van der Waals surface area contributed by atoms with Crippen molar-refractivity contribution in [1.82, 2.24) is 9.13 Å². The summed E-state index contributed by atoms with van der Waals surface area (Å²) in [6, 6.07) is 144. The van der Waals surface area contributed by atoms with Crippen LogP contribution in [-0.4, -0.2) is 9.13 Å². The Kier molecular flexibility index (Phi) is 15.9. The van der Waals surface area contributed by atoms with E-state index in [2.05, 4.69) is 429 Å². The van der Waals surface area contributed by atoms with Gasteiger partial charge in [-0.1, -0.05) is 200 Å². The van der Waals surface area contributed by atoms with E-state index in [1.165, 1.54) is 78.4 Å². The molecule has 0 N–H and O–H groups in total. The summed E-state index contributed by atoms with van der Waals surface area (Å²) in [7, 11) is 0. The predicted octanol–water partition coefficient (Wildman–Crippen LogP) is 28.2. The number of anilines is 12. The Morgan fingerprint density at radius 3 is 0.779 bits per heavy atom. The summed E-state index contributed by atoms with van der Waals surface area (Å²) < 4.78 is 10.1. The van der Waals surface area contributed by atoms with Crippen LogP contribution >= 0.6 is 22.7 Å². The van der Waals surface area contributed by atoms with Gasteiger partial charge in [0.05, 0.1) is 22.1 Å². The quantitative estimate of drug-likeness (QED) is 0.108. The average molecular weight is 1370 g/mol. The molecule has 0 saturated heterocycles. The molecule has 0 atom stereocenters. The third kappa shape index (κ3) is 11.2. The second-order valence-electron chi connectivity index (χ2n) is 26.1. The number of aromatic nitrogens is 2. The van der Waals surface area contributed by atoms with Crippen molar-refractivity contribution >= 4 is 175 Å². The maximum Gasteiger partial charge on any atom is 0.0561 e. The third-order valence-corrected chi connectivity index (χ3v) is 22.1. The van der Waals surface area contributed by atoms with E-state index in [1.54, 1.807) is 0 Å². The van der Waals surface area contributed by atoms with Gasteiger partial charge >= 0.3 is 0 Å². The Morgan fingerprint density at radius 2 is 0.423 bits per heavy atom. The number of hydrogen-bond acceptors (Lipinski definition) is 6. The minimum absolute atomic E-state index is 1.10. The van der Waals surface area contributed by atoms with E-state index < -0.39 is 0 Å². The van der Waals surface area contributed by atoms with Gasteiger partial charge in [-0.3, -0.25) is 0 Å². The molecule has 4 heterocycles. The maximum atomic E-state index is 2.46. The van der Waals surface area contributed by atoms with E-state index in [9.17, 15) is 0 Å². The zero-order valence-electron chi connectivity index (χ0n) is 56.6. The van der Waals surface area contributed by atoms with Crippen LogP contribution in [0, 0.1) is 0 Å². The highest BCUT2D eigenvalue weighted by Gasteiger charge is 2.24. The van der Waals surface area contributed by atoms with E-state index in [0.717, 1.165) is 85.1 Å². The second-order valence-corrected chi connectivity index (χ2v) is 28.2. The number of benzene rings is 16. The first-order valence-electron chi connectivity index (χ1n) is 35.2. The average Bonchev–Trinajstić information content (AvgIpc) is 1.57. The first kappa shape index (κ1) is 61.8. The van der Waals surface area contributed by atoms with Gasteiger partial charge in [-0.2, -0.15) is 0 Å². The molecule has 104 heavy (non-hydrogen) atoms. The SMILES string of the molecule is c1ccc(N(c2ccccc2)c2ccc(-n3c4cc(N(c5ccccc5)c5ccccc5)ccc4c4cc5c(cc43)sc3ccccc35)cc2)cc1.c1ccc(N(c2ccccc2)c2cccc(-n3c4cc(N(c5ccccc5)c5ccccc5)ccc4c4cc5c(cc43)sc3ccccc35)c2)cc1. The number of hydrogen-bond donors (Lipinski definition) is 0. The molecule has 0 aliphatic heterocycles. The van der Waals surface area contributed by atoms with Crippen molar-refractivity contribution in [3.63, 3.8) is 0 Å². The van der Waals surface area contributed by atoms with Crippen molar-refractivity contribution in [2.45, 2.75) is 0 Å². The zero-order chi connectivity index (χ0) is 68.9. The number of nitrogens with zero attached hydrogens (tertiary/aromatic N) is 6. The smallest absolute Gasteiger partial charge is 0.0561 e. The molecule has 8 heteroatoms. The Labute approximate surface area is 611 Å². The molecular formula is C96H66N6S2. The highest BCUT2D eigenvalue weighted by Crippen LogP contribution is 2.48. The van der Waals surface area contributed by atoms with Gasteiger partial charge in [0.1, 0.15) is 0 Å². The molecule has 6 nitrogen and oxygen atoms in total. The fraction of sp³-hybridized carbons (Fsp3) is 0. The van der Waals surface area contributed by atoms with Gasteiger partial charge in [0, 0.05) is 142 Å². The number of fused-ring (bicyclic) bond motifs is 12. The van der Waals surface area contributed by atoms with Crippen LogP contribution < -0.4 is 19.6 Å². The van der Waals surface area contributed by atoms with Gasteiger partial charge in [-0.25, -0.2) is 0 Å². The summed E-state index contributed by atoms with van der Waals surface area (Å²) in [5.41, 5.74) is 20.3. The molecular weight excluding hydrogens is 1300 g/mol. The lowest BCUT2D eigenvalue weighted by Gasteiger charge is -2.26. The van der Waals surface area contributed by atoms with Gasteiger partial charge in [0.15, 0.2) is 0 Å². The van der Waals surface area contributed by atoms with Crippen LogP contribution in [0.5, 0.6) is 0 Å². The molecule has 0 amide bonds. The number of thiophene rings is 2. The highest BCUT2D eigenvalue weighted by atomic mass is 32.1. The van der Waals surface area contributed by atoms with Gasteiger partial charge in [0.2, 0.25) is 0 Å². The fourth-order valence-corrected chi connectivity index (χ4v) is 17.5. The molecule has 0 spiro atoms. The lowest BCUT2D eigenvalue weighted by Crippen LogP contribution is -2.10. The fourth-order valence-electron chi connectivity index (χ4n) is 15.2. The van der Waals surface area contributed by atoms with Gasteiger partial charge in [-0.15, -0.1) is 22.7 Å². The normalized spacial score (nSPS) is 11.5. The number of para-hydroxylation sites is 8. The maximum absolute atomic E-state index is 2.46. The van der Waals surface area contributed by atoms with Crippen molar-refractivity contribution < 1.29 is 0 Å². The molecule has 0 aliphatic carbocycles. The monoisotopic (exact) mass is 1370 g/mol. The molecule has 0 fully saturated rings. The van der Waals surface area contributed by atoms with E-state index in [0.29, 0.717) is 0 Å². The van der Waals surface area contributed by atoms with Crippen LogP contribution in [0.15, 0.2) is 400 Å². The van der Waals surface area contributed by atoms with E-state index in [1.807, 2.05) is 22.7 Å². The molecule has 16 aromatic carbocycles. The van der Waals surface area contributed by atoms with E-state index in [4.69, 9.17) is 0 Å². The van der Waals surface area contributed by atoms with Gasteiger partial charge in [0.25, 0.3) is 0 Å². The summed E-state index contributed by atoms with van der Waals surface area (Å²) >= 11 is 3.73. The molecule has 0 bridgehead atoms. The molecule has 0 saturated carbocycles. The minimum atomic E-state index is 1.10. The number of rotatable bonds is 14. The topological polar surface area (TPSA) is 22.8 Å². The zero-order valence-corrected chi connectivity index (χ0v) is 58.2. The lowest BCUT2D eigenvalue weighted by molar-refractivity contribution is 1.17. The van der Waals surface area contributed by atoms with Crippen LogP contribution in [-0.2, 0) is 0 Å².